The summed E-state index contributed by atoms with van der Waals surface area (Å²) in [6.07, 6.45) is 17.8. The first-order valence-electron chi connectivity index (χ1n) is 25.9. The smallest absolute Gasteiger partial charge is 0.321 e. The Bertz CT molecular complexity index is 2320. The fourth-order valence-electron chi connectivity index (χ4n) is 7.40. The van der Waals surface area contributed by atoms with Crippen LogP contribution in [0, 0.1) is 13.8 Å². The van der Waals surface area contributed by atoms with Gasteiger partial charge in [-0.1, -0.05) is 72.1 Å². The second kappa shape index (κ2) is 36.7. The standard InChI is InChI=1S/C15H25N5O3.C13H20N4O2.C12H18N4O2.2C5H11NO/c1-3-12(21)16-8-6-4-5-7-9-17-15(23)20-14-18-11(2)10-13(22)19-14;1-9-8-10(18)15-11(14-9)16-12(19)17-13(2)6-4-3-5-7-13;1-12(6-3-2-4-7-12)16-11(18)15-10-13-8-5-9(17)14-10;2*1-3-5(7)6-4-2/h10H,3-9H2,1-2H3,(H,16,21)(H3,17,18,19,20,22,23);8H,3-7H2,1-2H3,(H3,14,15,16,17,18,19);5,8H,2-4,6-7H2,1H3,(H3,13,14,15,16,17,18);2*3-4H2,1-2H3,(H,6,7). The molecule has 3 aromatic heterocycles. The summed E-state index contributed by atoms with van der Waals surface area (Å²) in [5.74, 6) is 0.816. The number of aromatic nitrogens is 6. The molecule has 9 amide bonds. The van der Waals surface area contributed by atoms with Crippen LogP contribution in [0.4, 0.5) is 32.2 Å². The Morgan fingerprint density at radius 1 is 0.500 bits per heavy atom. The second-order valence-electron chi connectivity index (χ2n) is 18.3. The molecular weight excluding hydrogens is 955 g/mol. The first-order valence-corrected chi connectivity index (χ1v) is 25.9. The molecule has 2 aliphatic rings. The monoisotopic (exact) mass is 1040 g/mol. The van der Waals surface area contributed by atoms with Gasteiger partial charge in [0.15, 0.2) is 0 Å². The van der Waals surface area contributed by atoms with Crippen molar-refractivity contribution in [3.05, 3.63) is 66.8 Å². The van der Waals surface area contributed by atoms with Crippen molar-refractivity contribution in [3.8, 4) is 0 Å². The molecule has 24 heteroatoms. The summed E-state index contributed by atoms with van der Waals surface area (Å²) >= 11 is 0. The number of nitrogens with one attached hydrogen (secondary N) is 12. The molecule has 3 aromatic rings. The lowest BCUT2D eigenvalue weighted by Crippen LogP contribution is -2.49. The van der Waals surface area contributed by atoms with Crippen molar-refractivity contribution in [1.29, 1.82) is 0 Å². The third-order valence-corrected chi connectivity index (χ3v) is 11.3. The van der Waals surface area contributed by atoms with Crippen molar-refractivity contribution in [2.24, 2.45) is 0 Å². The van der Waals surface area contributed by atoms with E-state index < -0.39 is 6.03 Å². The number of carbonyl (C=O) groups is 6. The summed E-state index contributed by atoms with van der Waals surface area (Å²) in [5, 5.41) is 24.4. The van der Waals surface area contributed by atoms with E-state index in [1.54, 1.807) is 13.8 Å². The van der Waals surface area contributed by atoms with Gasteiger partial charge in [0.1, 0.15) is 0 Å². The van der Waals surface area contributed by atoms with E-state index in [4.69, 9.17) is 0 Å². The topological polar surface area (TPSA) is 348 Å². The predicted octanol–water partition coefficient (Wildman–Crippen LogP) is 5.89. The maximum absolute atomic E-state index is 11.9. The SMILES string of the molecule is CC1(NC(=O)Nc2nccc(=O)[nH]2)CCCCC1.CCC(=O)NCCCCCCNC(=O)Nc1nc(C)cc(=O)[nH]1.CCNC(=O)CC.CCNC(=O)CC.Cc1cc(=O)[nH]c(NC(=O)NC2(C)CCCCC2)n1. The van der Waals surface area contributed by atoms with Crippen LogP contribution in [-0.2, 0) is 14.4 Å². The van der Waals surface area contributed by atoms with Crippen molar-refractivity contribution in [3.63, 3.8) is 0 Å². The molecule has 0 aromatic carbocycles. The Balaban J connectivity index is 0.000000493. The first kappa shape index (κ1) is 64.9. The molecule has 414 valence electrons. The number of urea groups is 3. The highest BCUT2D eigenvalue weighted by molar-refractivity contribution is 5.88. The first-order chi connectivity index (χ1) is 35.2. The average Bonchev–Trinajstić information content (AvgIpc) is 3.32. The van der Waals surface area contributed by atoms with Crippen molar-refractivity contribution in [2.45, 2.75) is 183 Å². The molecule has 2 fully saturated rings. The van der Waals surface area contributed by atoms with E-state index in [-0.39, 0.29) is 75.4 Å². The highest BCUT2D eigenvalue weighted by Gasteiger charge is 2.29. The van der Waals surface area contributed by atoms with Crippen LogP contribution in [0.2, 0.25) is 0 Å². The minimum atomic E-state index is -0.394. The third kappa shape index (κ3) is 31.3. The highest BCUT2D eigenvalue weighted by atomic mass is 16.2. The van der Waals surface area contributed by atoms with Gasteiger partial charge in [-0.2, -0.15) is 0 Å². The quantitative estimate of drug-likeness (QED) is 0.0705. The van der Waals surface area contributed by atoms with E-state index in [9.17, 15) is 43.2 Å². The molecule has 0 aliphatic heterocycles. The lowest BCUT2D eigenvalue weighted by molar-refractivity contribution is -0.121. The van der Waals surface area contributed by atoms with E-state index in [0.29, 0.717) is 43.7 Å². The van der Waals surface area contributed by atoms with E-state index in [0.717, 1.165) is 90.1 Å². The molecule has 2 aliphatic carbocycles. The summed E-state index contributed by atoms with van der Waals surface area (Å²) in [4.78, 5) is 120. The van der Waals surface area contributed by atoms with E-state index in [1.807, 2.05) is 41.5 Å². The van der Waals surface area contributed by atoms with E-state index in [1.165, 1.54) is 37.2 Å². The van der Waals surface area contributed by atoms with Crippen LogP contribution in [0.5, 0.6) is 0 Å². The minimum absolute atomic E-state index is 0.0751. The third-order valence-electron chi connectivity index (χ3n) is 11.3. The van der Waals surface area contributed by atoms with Crippen LogP contribution in [0.25, 0.3) is 0 Å². The number of amides is 9. The van der Waals surface area contributed by atoms with Crippen LogP contribution in [-0.4, -0.2) is 103 Å². The molecular formula is C50H85N15O9. The molecule has 0 bridgehead atoms. The van der Waals surface area contributed by atoms with Gasteiger partial charge in [0.25, 0.3) is 16.7 Å². The zero-order valence-electron chi connectivity index (χ0n) is 45.2. The van der Waals surface area contributed by atoms with Gasteiger partial charge in [-0.15, -0.1) is 0 Å². The average molecular weight is 1040 g/mol. The van der Waals surface area contributed by atoms with Gasteiger partial charge in [-0.05, 0) is 80.1 Å². The summed E-state index contributed by atoms with van der Waals surface area (Å²) in [5.41, 5.74) is -0.0647. The Morgan fingerprint density at radius 3 is 1.26 bits per heavy atom. The van der Waals surface area contributed by atoms with Crippen LogP contribution in [0.15, 0.2) is 38.8 Å². The normalized spacial score (nSPS) is 13.7. The maximum atomic E-state index is 11.9. The molecule has 2 saturated carbocycles. The van der Waals surface area contributed by atoms with Crippen LogP contribution in [0.3, 0.4) is 0 Å². The maximum Gasteiger partial charge on any atom is 0.321 e. The Hall–Kier alpha value is -7.14. The molecule has 5 rings (SSSR count). The number of unbranched alkanes of at least 4 members (excludes halogenated alkanes) is 3. The zero-order valence-corrected chi connectivity index (χ0v) is 45.2. The van der Waals surface area contributed by atoms with Crippen LogP contribution in [0.1, 0.15) is 169 Å². The van der Waals surface area contributed by atoms with Crippen LogP contribution < -0.4 is 64.5 Å². The van der Waals surface area contributed by atoms with Gasteiger partial charge >= 0.3 is 18.1 Å². The number of hydrogen-bond donors (Lipinski definition) is 12. The van der Waals surface area contributed by atoms with Gasteiger partial charge < -0.3 is 31.9 Å². The van der Waals surface area contributed by atoms with Gasteiger partial charge in [-0.3, -0.25) is 59.7 Å². The van der Waals surface area contributed by atoms with Gasteiger partial charge in [0.2, 0.25) is 35.6 Å². The summed E-state index contributed by atoms with van der Waals surface area (Å²) in [7, 11) is 0. The molecule has 0 radical (unpaired) electrons. The number of nitrogens with zero attached hydrogens (tertiary/aromatic N) is 3. The Labute approximate surface area is 434 Å². The summed E-state index contributed by atoms with van der Waals surface area (Å²) in [6, 6.07) is 2.99. The van der Waals surface area contributed by atoms with E-state index >= 15 is 0 Å². The molecule has 0 saturated heterocycles. The number of anilines is 3. The number of carbonyl (C=O) groups excluding carboxylic acids is 6. The van der Waals surface area contributed by atoms with Crippen molar-refractivity contribution in [2.75, 3.05) is 42.1 Å². The lowest BCUT2D eigenvalue weighted by Gasteiger charge is -2.34. The number of rotatable bonds is 17. The number of aryl methyl sites for hydroxylation is 2. The van der Waals surface area contributed by atoms with Crippen molar-refractivity contribution < 1.29 is 28.8 Å². The largest absolute Gasteiger partial charge is 0.356 e. The summed E-state index contributed by atoms with van der Waals surface area (Å²) < 4.78 is 0. The van der Waals surface area contributed by atoms with Crippen LogP contribution >= 0.6 is 0 Å². The van der Waals surface area contributed by atoms with Gasteiger partial charge in [0, 0.05) is 92.3 Å². The van der Waals surface area contributed by atoms with Crippen molar-refractivity contribution >= 4 is 53.7 Å². The Morgan fingerprint density at radius 2 is 0.878 bits per heavy atom. The molecule has 3 heterocycles. The number of aromatic amines is 3. The molecule has 24 nitrogen and oxygen atoms in total. The lowest BCUT2D eigenvalue weighted by atomic mass is 9.83. The fraction of sp³-hybridized carbons (Fsp3) is 0.640. The molecule has 74 heavy (non-hydrogen) atoms. The van der Waals surface area contributed by atoms with Crippen molar-refractivity contribution in [1.82, 2.24) is 61.8 Å². The zero-order chi connectivity index (χ0) is 55.4. The molecule has 0 spiro atoms. The van der Waals surface area contributed by atoms with Gasteiger partial charge in [0.05, 0.1) is 0 Å². The fourth-order valence-corrected chi connectivity index (χ4v) is 7.40. The minimum Gasteiger partial charge on any atom is -0.356 e. The predicted molar refractivity (Wildman–Crippen MR) is 288 cm³/mol. The molecule has 0 unspecified atom stereocenters. The molecule has 12 N–H and O–H groups in total. The van der Waals surface area contributed by atoms with Gasteiger partial charge in [-0.25, -0.2) is 29.3 Å². The number of H-pyrrole nitrogens is 3. The highest BCUT2D eigenvalue weighted by Crippen LogP contribution is 2.28. The molecule has 0 atom stereocenters. The number of hydrogen-bond acceptors (Lipinski definition) is 12. The Kier molecular flexibility index (Phi) is 32.2. The van der Waals surface area contributed by atoms with E-state index in [2.05, 4.69) is 84.7 Å². The summed E-state index contributed by atoms with van der Waals surface area (Å²) in [6.45, 7) is 19.5. The second-order valence-corrected chi connectivity index (χ2v) is 18.3.